The van der Waals surface area contributed by atoms with Gasteiger partial charge in [0.2, 0.25) is 5.91 Å². The fourth-order valence-electron chi connectivity index (χ4n) is 1.87. The molecule has 1 fully saturated rings. The molecule has 1 aliphatic heterocycles. The standard InChI is InChI=1S/C12H13NO2S2/c1-8(14)17-11-6-12(15)13(7-11)9-2-4-10(16)5-3-9/h2-5,11,16H,6-7H2,1H3. The molecule has 17 heavy (non-hydrogen) atoms. The van der Waals surface area contributed by atoms with Crippen molar-refractivity contribution in [2.75, 3.05) is 11.4 Å². The highest BCUT2D eigenvalue weighted by atomic mass is 32.2. The number of carbonyl (C=O) groups excluding carboxylic acids is 2. The Hall–Kier alpha value is -0.940. The summed E-state index contributed by atoms with van der Waals surface area (Å²) in [4.78, 5) is 25.5. The molecule has 0 spiro atoms. The van der Waals surface area contributed by atoms with Gasteiger partial charge in [-0.25, -0.2) is 0 Å². The zero-order valence-corrected chi connectivity index (χ0v) is 11.1. The second-order valence-corrected chi connectivity index (χ2v) is 5.95. The lowest BCUT2D eigenvalue weighted by molar-refractivity contribution is -0.117. The molecule has 1 saturated heterocycles. The van der Waals surface area contributed by atoms with Gasteiger partial charge in [-0.1, -0.05) is 11.8 Å². The molecule has 3 nitrogen and oxygen atoms in total. The summed E-state index contributed by atoms with van der Waals surface area (Å²) in [6.45, 7) is 2.14. The van der Waals surface area contributed by atoms with Crippen LogP contribution < -0.4 is 4.90 Å². The Morgan fingerprint density at radius 1 is 1.41 bits per heavy atom. The number of thiol groups is 1. The van der Waals surface area contributed by atoms with Crippen molar-refractivity contribution in [3.63, 3.8) is 0 Å². The lowest BCUT2D eigenvalue weighted by Crippen LogP contribution is -2.24. The maximum Gasteiger partial charge on any atom is 0.228 e. The Kier molecular flexibility index (Phi) is 3.79. The van der Waals surface area contributed by atoms with Gasteiger partial charge in [0.05, 0.1) is 0 Å². The lowest BCUT2D eigenvalue weighted by Gasteiger charge is -2.16. The summed E-state index contributed by atoms with van der Waals surface area (Å²) in [6.07, 6.45) is 0.437. The zero-order valence-electron chi connectivity index (χ0n) is 9.42. The molecule has 1 unspecified atom stereocenters. The summed E-state index contributed by atoms with van der Waals surface area (Å²) in [6, 6.07) is 7.47. The van der Waals surface area contributed by atoms with Gasteiger partial charge >= 0.3 is 0 Å². The largest absolute Gasteiger partial charge is 0.311 e. The summed E-state index contributed by atoms with van der Waals surface area (Å²) >= 11 is 5.46. The van der Waals surface area contributed by atoms with Crippen molar-refractivity contribution in [2.45, 2.75) is 23.5 Å². The number of rotatable bonds is 2. The number of nitrogens with zero attached hydrogens (tertiary/aromatic N) is 1. The van der Waals surface area contributed by atoms with E-state index in [1.165, 1.54) is 18.7 Å². The Morgan fingerprint density at radius 3 is 2.65 bits per heavy atom. The minimum atomic E-state index is 0.0651. The fraction of sp³-hybridized carbons (Fsp3) is 0.333. The second kappa shape index (κ2) is 5.14. The van der Waals surface area contributed by atoms with Gasteiger partial charge in [-0.2, -0.15) is 0 Å². The number of hydrogen-bond acceptors (Lipinski definition) is 4. The molecule has 2 rings (SSSR count). The van der Waals surface area contributed by atoms with E-state index in [-0.39, 0.29) is 16.3 Å². The SMILES string of the molecule is CC(=O)SC1CC(=O)N(c2ccc(S)cc2)C1. The Balaban J connectivity index is 2.10. The molecule has 1 heterocycles. The highest BCUT2D eigenvalue weighted by Gasteiger charge is 2.31. The molecule has 1 atom stereocenters. The van der Waals surface area contributed by atoms with Crippen molar-refractivity contribution in [3.8, 4) is 0 Å². The third-order valence-corrected chi connectivity index (χ3v) is 3.86. The van der Waals surface area contributed by atoms with Crippen molar-refractivity contribution in [3.05, 3.63) is 24.3 Å². The van der Waals surface area contributed by atoms with Gasteiger partial charge in [0.1, 0.15) is 0 Å². The average molecular weight is 267 g/mol. The quantitative estimate of drug-likeness (QED) is 0.836. The fourth-order valence-corrected chi connectivity index (χ4v) is 2.94. The van der Waals surface area contributed by atoms with E-state index in [0.717, 1.165) is 10.6 Å². The highest BCUT2D eigenvalue weighted by Crippen LogP contribution is 2.28. The Morgan fingerprint density at radius 2 is 2.06 bits per heavy atom. The number of thioether (sulfide) groups is 1. The number of amides is 1. The van der Waals surface area contributed by atoms with Crippen LogP contribution in [0.3, 0.4) is 0 Å². The van der Waals surface area contributed by atoms with Crippen LogP contribution in [0.15, 0.2) is 29.2 Å². The van der Waals surface area contributed by atoms with Crippen LogP contribution in [0.25, 0.3) is 0 Å². The predicted molar refractivity (Wildman–Crippen MR) is 72.7 cm³/mol. The molecule has 0 aliphatic carbocycles. The van der Waals surface area contributed by atoms with Crippen molar-refractivity contribution >= 4 is 41.1 Å². The molecule has 0 saturated carbocycles. The van der Waals surface area contributed by atoms with E-state index in [0.29, 0.717) is 13.0 Å². The van der Waals surface area contributed by atoms with Crippen LogP contribution in [0.5, 0.6) is 0 Å². The van der Waals surface area contributed by atoms with E-state index >= 15 is 0 Å². The minimum Gasteiger partial charge on any atom is -0.311 e. The maximum atomic E-state index is 11.8. The van der Waals surface area contributed by atoms with Gasteiger partial charge in [0.15, 0.2) is 5.12 Å². The van der Waals surface area contributed by atoms with E-state index in [4.69, 9.17) is 0 Å². The first kappa shape index (κ1) is 12.5. The molecule has 5 heteroatoms. The Bertz CT molecular complexity index is 444. The third-order valence-electron chi connectivity index (χ3n) is 2.58. The first-order chi connectivity index (χ1) is 8.06. The summed E-state index contributed by atoms with van der Waals surface area (Å²) in [5.74, 6) is 0.0793. The van der Waals surface area contributed by atoms with Crippen LogP contribution in [0, 0.1) is 0 Å². The molecule has 0 N–H and O–H groups in total. The van der Waals surface area contributed by atoms with E-state index in [9.17, 15) is 9.59 Å². The summed E-state index contributed by atoms with van der Waals surface area (Å²) < 4.78 is 0. The van der Waals surface area contributed by atoms with Crippen molar-refractivity contribution < 1.29 is 9.59 Å². The molecule has 0 radical (unpaired) electrons. The normalized spacial score (nSPS) is 19.8. The molecule has 1 aromatic carbocycles. The van der Waals surface area contributed by atoms with Crippen molar-refractivity contribution in [1.29, 1.82) is 0 Å². The maximum absolute atomic E-state index is 11.8. The molecular weight excluding hydrogens is 254 g/mol. The minimum absolute atomic E-state index is 0.0651. The first-order valence-electron chi connectivity index (χ1n) is 5.33. The second-order valence-electron chi connectivity index (χ2n) is 3.96. The molecule has 0 bridgehead atoms. The molecular formula is C12H13NO2S2. The van der Waals surface area contributed by atoms with E-state index in [2.05, 4.69) is 12.6 Å². The van der Waals surface area contributed by atoms with Crippen LogP contribution in [0.1, 0.15) is 13.3 Å². The van der Waals surface area contributed by atoms with E-state index in [1.807, 2.05) is 24.3 Å². The summed E-state index contributed by atoms with van der Waals surface area (Å²) in [5, 5.41) is 0.144. The molecule has 1 aromatic rings. The van der Waals surface area contributed by atoms with Gasteiger partial charge in [-0.05, 0) is 24.3 Å². The van der Waals surface area contributed by atoms with Gasteiger partial charge in [0.25, 0.3) is 0 Å². The van der Waals surface area contributed by atoms with Crippen LogP contribution in [-0.4, -0.2) is 22.8 Å². The monoisotopic (exact) mass is 267 g/mol. The van der Waals surface area contributed by atoms with Crippen molar-refractivity contribution in [1.82, 2.24) is 0 Å². The van der Waals surface area contributed by atoms with Crippen LogP contribution in [0.4, 0.5) is 5.69 Å². The first-order valence-corrected chi connectivity index (χ1v) is 6.65. The van der Waals surface area contributed by atoms with E-state index < -0.39 is 0 Å². The van der Waals surface area contributed by atoms with E-state index in [1.54, 1.807) is 4.90 Å². The topological polar surface area (TPSA) is 37.4 Å². The molecule has 1 aliphatic rings. The number of hydrogen-bond donors (Lipinski definition) is 1. The smallest absolute Gasteiger partial charge is 0.228 e. The van der Waals surface area contributed by atoms with Gasteiger partial charge < -0.3 is 4.90 Å². The van der Waals surface area contributed by atoms with Crippen LogP contribution in [-0.2, 0) is 9.59 Å². The summed E-state index contributed by atoms with van der Waals surface area (Å²) in [7, 11) is 0. The number of benzene rings is 1. The van der Waals surface area contributed by atoms with Gasteiger partial charge in [-0.15, -0.1) is 12.6 Å². The number of anilines is 1. The van der Waals surface area contributed by atoms with Crippen molar-refractivity contribution in [2.24, 2.45) is 0 Å². The predicted octanol–water partition coefficient (Wildman–Crippen LogP) is 2.36. The molecule has 0 aromatic heterocycles. The van der Waals surface area contributed by atoms with Crippen LogP contribution >= 0.6 is 24.4 Å². The zero-order chi connectivity index (χ0) is 12.4. The molecule has 90 valence electrons. The lowest BCUT2D eigenvalue weighted by atomic mass is 10.3. The molecule has 1 amide bonds. The van der Waals surface area contributed by atoms with Crippen LogP contribution in [0.2, 0.25) is 0 Å². The van der Waals surface area contributed by atoms with Gasteiger partial charge in [0, 0.05) is 35.7 Å². The Labute approximate surface area is 110 Å². The average Bonchev–Trinajstić information content (AvgIpc) is 2.59. The van der Waals surface area contributed by atoms with Gasteiger partial charge in [-0.3, -0.25) is 9.59 Å². The number of carbonyl (C=O) groups is 2. The third kappa shape index (κ3) is 3.04. The highest BCUT2D eigenvalue weighted by molar-refractivity contribution is 8.14. The summed E-state index contributed by atoms with van der Waals surface area (Å²) in [5.41, 5.74) is 0.874.